The van der Waals surface area contributed by atoms with Crippen molar-refractivity contribution in [2.24, 2.45) is 11.8 Å². The van der Waals surface area contributed by atoms with Crippen molar-refractivity contribution in [3.8, 4) is 0 Å². The molecule has 120 valence electrons. The first-order chi connectivity index (χ1) is 11.3. The van der Waals surface area contributed by atoms with Crippen LogP contribution in [0.1, 0.15) is 36.2 Å². The summed E-state index contributed by atoms with van der Waals surface area (Å²) < 4.78 is 13.6. The predicted molar refractivity (Wildman–Crippen MR) is 94.2 cm³/mol. The van der Waals surface area contributed by atoms with E-state index in [1.807, 2.05) is 0 Å². The van der Waals surface area contributed by atoms with Gasteiger partial charge in [-0.05, 0) is 36.0 Å². The van der Waals surface area contributed by atoms with E-state index in [0.29, 0.717) is 11.8 Å². The van der Waals surface area contributed by atoms with Gasteiger partial charge in [-0.15, -0.1) is 0 Å². The topological polar surface area (TPSA) is 18.5 Å². The summed E-state index contributed by atoms with van der Waals surface area (Å²) in [6.45, 7) is 1.69. The molecule has 0 radical (unpaired) electrons. The summed E-state index contributed by atoms with van der Waals surface area (Å²) in [6.07, 6.45) is 2.48. The van der Waals surface area contributed by atoms with Crippen molar-refractivity contribution in [1.82, 2.24) is 0 Å². The normalized spacial score (nSPS) is 30.7. The first-order valence-electron chi connectivity index (χ1n) is 8.37. The quantitative estimate of drug-likeness (QED) is 0.711. The second kappa shape index (κ2) is 6.76. The highest BCUT2D eigenvalue weighted by molar-refractivity contribution is 9.10. The van der Waals surface area contributed by atoms with Crippen LogP contribution in [0.15, 0.2) is 59.1 Å². The number of hydrogen-bond acceptors (Lipinski definition) is 2. The van der Waals surface area contributed by atoms with Gasteiger partial charge in [0, 0.05) is 23.6 Å². The molecule has 0 aliphatic carbocycles. The van der Waals surface area contributed by atoms with E-state index in [1.54, 1.807) is 0 Å². The van der Waals surface area contributed by atoms with Gasteiger partial charge in [0.15, 0.2) is 0 Å². The van der Waals surface area contributed by atoms with Crippen molar-refractivity contribution in [3.05, 3.63) is 70.2 Å². The van der Waals surface area contributed by atoms with Crippen molar-refractivity contribution < 1.29 is 9.47 Å². The molecule has 2 saturated heterocycles. The average Bonchev–Trinajstić information content (AvgIpc) is 2.62. The van der Waals surface area contributed by atoms with Crippen molar-refractivity contribution >= 4 is 15.9 Å². The Kier molecular flexibility index (Phi) is 4.52. The fraction of sp³-hybridized carbons (Fsp3) is 0.400. The maximum absolute atomic E-state index is 6.26. The number of rotatable bonds is 2. The highest BCUT2D eigenvalue weighted by Crippen LogP contribution is 2.50. The van der Waals surface area contributed by atoms with E-state index in [9.17, 15) is 0 Å². The van der Waals surface area contributed by atoms with Crippen molar-refractivity contribution in [1.29, 1.82) is 0 Å². The number of halogens is 1. The molecular weight excluding hydrogens is 352 g/mol. The molecule has 2 heterocycles. The van der Waals surface area contributed by atoms with Gasteiger partial charge in [-0.2, -0.15) is 0 Å². The number of ether oxygens (including phenoxy) is 2. The standard InChI is InChI=1S/C20H21BrO2/c21-17-9-5-4-8-16(17)20-18-14(11-13-23-20)10-12-22-19(18)15-6-2-1-3-7-15/h1-9,14,18-20H,10-13H2/t14-,18-,19+,20-/m0/s1. The summed E-state index contributed by atoms with van der Waals surface area (Å²) in [5.74, 6) is 1.04. The van der Waals surface area contributed by atoms with Gasteiger partial charge in [-0.3, -0.25) is 0 Å². The molecule has 2 aliphatic rings. The minimum atomic E-state index is 0.0924. The lowest BCUT2D eigenvalue weighted by molar-refractivity contribution is -0.158. The van der Waals surface area contributed by atoms with Gasteiger partial charge >= 0.3 is 0 Å². The number of hydrogen-bond donors (Lipinski definition) is 0. The number of fused-ring (bicyclic) bond motifs is 1. The Balaban J connectivity index is 1.73. The SMILES string of the molecule is Brc1ccccc1[C@@H]1OCC[C@@H]2CCO[C@H](c3ccccc3)[C@H]21. The summed E-state index contributed by atoms with van der Waals surface area (Å²) in [7, 11) is 0. The molecule has 0 aromatic heterocycles. The van der Waals surface area contributed by atoms with Crippen LogP contribution in [0.3, 0.4) is 0 Å². The largest absolute Gasteiger partial charge is 0.373 e. The minimum Gasteiger partial charge on any atom is -0.373 e. The molecule has 4 rings (SSSR count). The molecule has 23 heavy (non-hydrogen) atoms. The molecule has 0 amide bonds. The third kappa shape index (κ3) is 2.98. The van der Waals surface area contributed by atoms with Crippen molar-refractivity contribution in [3.63, 3.8) is 0 Å². The zero-order chi connectivity index (χ0) is 15.6. The lowest BCUT2D eigenvalue weighted by Gasteiger charge is -2.46. The Labute approximate surface area is 145 Å². The van der Waals surface area contributed by atoms with Gasteiger partial charge in [-0.25, -0.2) is 0 Å². The molecular formula is C20H21BrO2. The highest BCUT2D eigenvalue weighted by Gasteiger charge is 2.44. The zero-order valence-electron chi connectivity index (χ0n) is 13.0. The van der Waals surface area contributed by atoms with E-state index in [4.69, 9.17) is 9.47 Å². The maximum Gasteiger partial charge on any atom is 0.0894 e. The van der Waals surface area contributed by atoms with Crippen LogP contribution < -0.4 is 0 Å². The fourth-order valence-electron chi connectivity index (χ4n) is 4.06. The maximum atomic E-state index is 6.26. The van der Waals surface area contributed by atoms with E-state index < -0.39 is 0 Å². The van der Waals surface area contributed by atoms with Crippen molar-refractivity contribution in [2.75, 3.05) is 13.2 Å². The zero-order valence-corrected chi connectivity index (χ0v) is 14.6. The predicted octanol–water partition coefficient (Wildman–Crippen LogP) is 5.30. The summed E-state index contributed by atoms with van der Waals surface area (Å²) in [6, 6.07) is 19.0. The first-order valence-corrected chi connectivity index (χ1v) is 9.16. The van der Waals surface area contributed by atoms with E-state index in [-0.39, 0.29) is 12.2 Å². The van der Waals surface area contributed by atoms with Crippen molar-refractivity contribution in [2.45, 2.75) is 25.0 Å². The Morgan fingerprint density at radius 2 is 1.43 bits per heavy atom. The third-order valence-corrected chi connectivity index (χ3v) is 5.88. The molecule has 3 heteroatoms. The Bertz CT molecular complexity index is 656. The van der Waals surface area contributed by atoms with Crippen LogP contribution in [-0.4, -0.2) is 13.2 Å². The van der Waals surface area contributed by atoms with Crippen LogP contribution in [0.2, 0.25) is 0 Å². The van der Waals surface area contributed by atoms with Crippen LogP contribution in [-0.2, 0) is 9.47 Å². The first kappa shape index (κ1) is 15.4. The highest BCUT2D eigenvalue weighted by atomic mass is 79.9. The van der Waals surface area contributed by atoms with Gasteiger partial charge in [0.2, 0.25) is 0 Å². The molecule has 0 N–H and O–H groups in total. The average molecular weight is 373 g/mol. The lowest BCUT2D eigenvalue weighted by Crippen LogP contribution is -2.40. The molecule has 0 bridgehead atoms. The van der Waals surface area contributed by atoms with Gasteiger partial charge in [0.1, 0.15) is 0 Å². The summed E-state index contributed by atoms with van der Waals surface area (Å²) >= 11 is 3.70. The van der Waals surface area contributed by atoms with Gasteiger partial charge in [0.25, 0.3) is 0 Å². The molecule has 2 nitrogen and oxygen atoms in total. The minimum absolute atomic E-state index is 0.0924. The van der Waals surface area contributed by atoms with E-state index >= 15 is 0 Å². The van der Waals surface area contributed by atoms with Crippen LogP contribution in [0.4, 0.5) is 0 Å². The molecule has 4 atom stereocenters. The molecule has 2 aliphatic heterocycles. The fourth-order valence-corrected chi connectivity index (χ4v) is 4.57. The third-order valence-electron chi connectivity index (χ3n) is 5.16. The molecule has 2 fully saturated rings. The molecule has 2 aromatic rings. The molecule has 2 aromatic carbocycles. The monoisotopic (exact) mass is 372 g/mol. The van der Waals surface area contributed by atoms with Crippen LogP contribution >= 0.6 is 15.9 Å². The van der Waals surface area contributed by atoms with Crippen LogP contribution in [0, 0.1) is 11.8 Å². The van der Waals surface area contributed by atoms with Crippen LogP contribution in [0.25, 0.3) is 0 Å². The van der Waals surface area contributed by atoms with Gasteiger partial charge in [-0.1, -0.05) is 64.5 Å². The Hall–Kier alpha value is -1.16. The van der Waals surface area contributed by atoms with Gasteiger partial charge in [0.05, 0.1) is 12.2 Å². The summed E-state index contributed by atoms with van der Waals surface area (Å²) in [5, 5.41) is 0. The Morgan fingerprint density at radius 3 is 2.17 bits per heavy atom. The van der Waals surface area contributed by atoms with Gasteiger partial charge < -0.3 is 9.47 Å². The van der Waals surface area contributed by atoms with E-state index in [0.717, 1.165) is 30.5 Å². The Morgan fingerprint density at radius 1 is 0.783 bits per heavy atom. The van der Waals surface area contributed by atoms with Crippen LogP contribution in [0.5, 0.6) is 0 Å². The molecule has 0 unspecified atom stereocenters. The smallest absolute Gasteiger partial charge is 0.0894 e. The lowest BCUT2D eigenvalue weighted by atomic mass is 9.72. The molecule has 0 saturated carbocycles. The summed E-state index contributed by atoms with van der Waals surface area (Å²) in [4.78, 5) is 0. The van der Waals surface area contributed by atoms with E-state index in [2.05, 4.69) is 70.5 Å². The second-order valence-corrected chi connectivity index (χ2v) is 7.28. The molecule has 0 spiro atoms. The van der Waals surface area contributed by atoms with E-state index in [1.165, 1.54) is 11.1 Å². The number of benzene rings is 2. The summed E-state index contributed by atoms with van der Waals surface area (Å²) in [5.41, 5.74) is 2.51. The second-order valence-electron chi connectivity index (χ2n) is 6.43.